The Bertz CT molecular complexity index is 1060. The highest BCUT2D eigenvalue weighted by Gasteiger charge is 2.11. The summed E-state index contributed by atoms with van der Waals surface area (Å²) >= 11 is 6.11. The molecule has 0 aliphatic heterocycles. The summed E-state index contributed by atoms with van der Waals surface area (Å²) in [7, 11) is 0. The lowest BCUT2D eigenvalue weighted by Gasteiger charge is -2.16. The molecule has 7 nitrogen and oxygen atoms in total. The van der Waals surface area contributed by atoms with Gasteiger partial charge in [0.25, 0.3) is 0 Å². The number of anilines is 1. The number of hydrogen-bond acceptors (Lipinski definition) is 6. The summed E-state index contributed by atoms with van der Waals surface area (Å²) < 4.78 is 7.35. The molecule has 0 aliphatic carbocycles. The van der Waals surface area contributed by atoms with Crippen LogP contribution in [-0.4, -0.2) is 26.1 Å². The van der Waals surface area contributed by atoms with Gasteiger partial charge in [-0.05, 0) is 42.8 Å². The average Bonchev–Trinajstić information content (AvgIpc) is 3.24. The van der Waals surface area contributed by atoms with E-state index >= 15 is 0 Å². The molecule has 0 radical (unpaired) electrons. The molecule has 27 heavy (non-hydrogen) atoms. The van der Waals surface area contributed by atoms with E-state index in [4.69, 9.17) is 16.0 Å². The Morgan fingerprint density at radius 2 is 1.96 bits per heavy atom. The SMILES string of the molecule is Cc1ncc2oc(-c3ccc(NC(O)NCc4ccccc4Cl)cc3)nn12. The van der Waals surface area contributed by atoms with Crippen LogP contribution in [0.4, 0.5) is 5.69 Å². The van der Waals surface area contributed by atoms with Crippen molar-refractivity contribution in [3.63, 3.8) is 0 Å². The summed E-state index contributed by atoms with van der Waals surface area (Å²) in [5, 5.41) is 21.1. The normalized spacial score (nSPS) is 12.4. The van der Waals surface area contributed by atoms with Crippen molar-refractivity contribution < 1.29 is 9.52 Å². The van der Waals surface area contributed by atoms with E-state index in [9.17, 15) is 5.11 Å². The smallest absolute Gasteiger partial charge is 0.246 e. The molecule has 3 N–H and O–H groups in total. The minimum atomic E-state index is -0.915. The quantitative estimate of drug-likeness (QED) is 0.442. The lowest BCUT2D eigenvalue weighted by Crippen LogP contribution is -2.35. The Kier molecular flexibility index (Phi) is 4.81. The highest BCUT2D eigenvalue weighted by Crippen LogP contribution is 2.22. The van der Waals surface area contributed by atoms with Gasteiger partial charge in [-0.3, -0.25) is 5.32 Å². The number of aliphatic hydroxyl groups excluding tert-OH is 1. The largest absolute Gasteiger partial charge is 0.417 e. The molecule has 0 spiro atoms. The van der Waals surface area contributed by atoms with Crippen LogP contribution in [0, 0.1) is 6.92 Å². The Balaban J connectivity index is 1.39. The predicted molar refractivity (Wildman–Crippen MR) is 103 cm³/mol. The molecule has 2 aromatic heterocycles. The molecule has 4 aromatic rings. The van der Waals surface area contributed by atoms with Gasteiger partial charge in [-0.1, -0.05) is 29.8 Å². The summed E-state index contributed by atoms with van der Waals surface area (Å²) in [5.41, 5.74) is 3.11. The van der Waals surface area contributed by atoms with Crippen LogP contribution in [0.25, 0.3) is 17.2 Å². The van der Waals surface area contributed by atoms with Gasteiger partial charge in [0.2, 0.25) is 11.6 Å². The molecule has 0 bridgehead atoms. The van der Waals surface area contributed by atoms with E-state index in [2.05, 4.69) is 20.7 Å². The summed E-state index contributed by atoms with van der Waals surface area (Å²) in [6.45, 7) is 2.31. The fraction of sp³-hybridized carbons (Fsp3) is 0.158. The second-order valence-electron chi connectivity index (χ2n) is 6.06. The lowest BCUT2D eigenvalue weighted by atomic mass is 10.2. The van der Waals surface area contributed by atoms with Gasteiger partial charge < -0.3 is 14.8 Å². The molecular weight excluding hydrogens is 366 g/mol. The Morgan fingerprint density at radius 1 is 1.19 bits per heavy atom. The van der Waals surface area contributed by atoms with Crippen LogP contribution in [-0.2, 0) is 6.54 Å². The molecule has 138 valence electrons. The van der Waals surface area contributed by atoms with Gasteiger partial charge in [0.15, 0.2) is 6.35 Å². The number of aromatic nitrogens is 3. The molecule has 0 aliphatic rings. The van der Waals surface area contributed by atoms with E-state index in [-0.39, 0.29) is 0 Å². The zero-order valence-electron chi connectivity index (χ0n) is 14.6. The molecule has 0 amide bonds. The number of imidazole rings is 1. The first-order chi connectivity index (χ1) is 13.1. The highest BCUT2D eigenvalue weighted by molar-refractivity contribution is 6.31. The standard InChI is InChI=1S/C19H18ClN5O2/c1-12-21-11-17-25(12)24-18(27-17)13-6-8-15(9-7-13)23-19(26)22-10-14-4-2-3-5-16(14)20/h2-9,11,19,22-23,26H,10H2,1H3. The van der Waals surface area contributed by atoms with E-state index in [1.165, 1.54) is 0 Å². The average molecular weight is 384 g/mol. The zero-order chi connectivity index (χ0) is 18.8. The van der Waals surface area contributed by atoms with Crippen LogP contribution in [0.1, 0.15) is 11.4 Å². The van der Waals surface area contributed by atoms with E-state index in [1.54, 1.807) is 10.7 Å². The van der Waals surface area contributed by atoms with Crippen molar-refractivity contribution in [2.75, 3.05) is 5.32 Å². The molecule has 2 aromatic carbocycles. The Morgan fingerprint density at radius 3 is 2.70 bits per heavy atom. The van der Waals surface area contributed by atoms with Gasteiger partial charge >= 0.3 is 0 Å². The fourth-order valence-electron chi connectivity index (χ4n) is 2.70. The topological polar surface area (TPSA) is 87.6 Å². The van der Waals surface area contributed by atoms with Crippen molar-refractivity contribution in [2.24, 2.45) is 0 Å². The first-order valence-corrected chi connectivity index (χ1v) is 8.81. The first-order valence-electron chi connectivity index (χ1n) is 8.43. The third kappa shape index (κ3) is 3.80. The maximum Gasteiger partial charge on any atom is 0.246 e. The molecule has 1 atom stereocenters. The summed E-state index contributed by atoms with van der Waals surface area (Å²) in [6.07, 6.45) is 0.727. The monoisotopic (exact) mass is 383 g/mol. The van der Waals surface area contributed by atoms with Crippen LogP contribution in [0.2, 0.25) is 5.02 Å². The van der Waals surface area contributed by atoms with E-state index in [0.717, 1.165) is 22.6 Å². The van der Waals surface area contributed by atoms with Gasteiger partial charge in [-0.2, -0.15) is 4.52 Å². The van der Waals surface area contributed by atoms with Gasteiger partial charge in [0.1, 0.15) is 5.82 Å². The van der Waals surface area contributed by atoms with Crippen molar-refractivity contribution in [2.45, 2.75) is 19.8 Å². The minimum Gasteiger partial charge on any atom is -0.417 e. The third-order valence-electron chi connectivity index (χ3n) is 4.15. The summed E-state index contributed by atoms with van der Waals surface area (Å²) in [6, 6.07) is 14.9. The number of rotatable bonds is 6. The first kappa shape index (κ1) is 17.5. The maximum atomic E-state index is 10.1. The highest BCUT2D eigenvalue weighted by atomic mass is 35.5. The molecule has 2 heterocycles. The number of halogens is 1. The molecule has 8 heteroatoms. The fourth-order valence-corrected chi connectivity index (χ4v) is 2.90. The maximum absolute atomic E-state index is 10.1. The number of benzene rings is 2. The predicted octanol–water partition coefficient (Wildman–Crippen LogP) is 3.43. The molecule has 0 saturated carbocycles. The molecule has 0 fully saturated rings. The van der Waals surface area contributed by atoms with Crippen LogP contribution in [0.3, 0.4) is 0 Å². The van der Waals surface area contributed by atoms with Crippen molar-refractivity contribution >= 4 is 23.0 Å². The lowest BCUT2D eigenvalue weighted by molar-refractivity contribution is 0.163. The Hall–Kier alpha value is -2.87. The number of aryl methyl sites for hydroxylation is 1. The number of aliphatic hydroxyl groups is 1. The van der Waals surface area contributed by atoms with Gasteiger partial charge in [0, 0.05) is 22.8 Å². The second-order valence-corrected chi connectivity index (χ2v) is 6.47. The second kappa shape index (κ2) is 7.40. The third-order valence-corrected chi connectivity index (χ3v) is 4.52. The number of nitrogens with zero attached hydrogens (tertiary/aromatic N) is 3. The number of fused-ring (bicyclic) bond motifs is 1. The van der Waals surface area contributed by atoms with E-state index in [0.29, 0.717) is 23.2 Å². The van der Waals surface area contributed by atoms with Crippen molar-refractivity contribution in [3.8, 4) is 11.5 Å². The zero-order valence-corrected chi connectivity index (χ0v) is 15.3. The number of hydrogen-bond donors (Lipinski definition) is 3. The van der Waals surface area contributed by atoms with Gasteiger partial charge in [-0.15, -0.1) is 5.10 Å². The summed E-state index contributed by atoms with van der Waals surface area (Å²) in [5.74, 6) is 1.28. The van der Waals surface area contributed by atoms with Gasteiger partial charge in [-0.25, -0.2) is 4.98 Å². The molecule has 1 unspecified atom stereocenters. The van der Waals surface area contributed by atoms with E-state index in [1.807, 2.05) is 55.5 Å². The molecule has 0 saturated heterocycles. The van der Waals surface area contributed by atoms with Crippen LogP contribution < -0.4 is 10.6 Å². The van der Waals surface area contributed by atoms with Crippen molar-refractivity contribution in [1.82, 2.24) is 19.9 Å². The van der Waals surface area contributed by atoms with Crippen LogP contribution in [0.5, 0.6) is 0 Å². The van der Waals surface area contributed by atoms with Gasteiger partial charge in [0.05, 0.1) is 6.20 Å². The number of nitrogens with one attached hydrogen (secondary N) is 2. The molecule has 4 rings (SSSR count). The van der Waals surface area contributed by atoms with Crippen LogP contribution in [0.15, 0.2) is 59.1 Å². The summed E-state index contributed by atoms with van der Waals surface area (Å²) in [4.78, 5) is 4.14. The van der Waals surface area contributed by atoms with E-state index < -0.39 is 6.35 Å². The van der Waals surface area contributed by atoms with Crippen molar-refractivity contribution in [3.05, 3.63) is 71.1 Å². The van der Waals surface area contributed by atoms with Crippen LogP contribution >= 0.6 is 11.6 Å². The molecular formula is C19H18ClN5O2. The Labute approximate surface area is 160 Å². The van der Waals surface area contributed by atoms with Crippen molar-refractivity contribution in [1.29, 1.82) is 0 Å². The minimum absolute atomic E-state index is 0.447.